The van der Waals surface area contributed by atoms with Gasteiger partial charge < -0.3 is 33.7 Å². The van der Waals surface area contributed by atoms with Gasteiger partial charge in [0.05, 0.1) is 58.4 Å². The topological polar surface area (TPSA) is 140 Å². The molecule has 1 aromatic carbocycles. The SMILES string of the molecule is COc1nc(-c2c(C)c(Cl)cc3[nH]ncc23)c(F)c2nc(OC[C@]34CCC[C@H]3N(C3CC5(C3)OCCO5)CCC4)nc(N3CCOC[C@@](C)(O)C3)c12. The molecule has 2 saturated carbocycles. The Kier molecular flexibility index (Phi) is 8.51. The number of piperidine rings is 1. The smallest absolute Gasteiger partial charge is 0.319 e. The molecule has 6 heterocycles. The molecule has 4 aromatic rings. The van der Waals surface area contributed by atoms with Crippen LogP contribution in [0.5, 0.6) is 11.9 Å². The predicted molar refractivity (Wildman–Crippen MR) is 191 cm³/mol. The van der Waals surface area contributed by atoms with E-state index in [1.807, 2.05) is 11.8 Å². The highest BCUT2D eigenvalue weighted by Gasteiger charge is 2.57. The van der Waals surface area contributed by atoms with E-state index in [0.29, 0.717) is 77.9 Å². The second kappa shape index (κ2) is 12.9. The summed E-state index contributed by atoms with van der Waals surface area (Å²) in [6.45, 7) is 7.40. The van der Waals surface area contributed by atoms with Crippen LogP contribution in [0.1, 0.15) is 57.4 Å². The van der Waals surface area contributed by atoms with Crippen LogP contribution in [0, 0.1) is 18.2 Å². The molecule has 15 heteroatoms. The minimum absolute atomic E-state index is 0.00440. The summed E-state index contributed by atoms with van der Waals surface area (Å²) in [6, 6.07) is 2.61. The van der Waals surface area contributed by atoms with E-state index in [2.05, 4.69) is 15.1 Å². The van der Waals surface area contributed by atoms with Gasteiger partial charge in [0.15, 0.2) is 11.6 Å². The van der Waals surface area contributed by atoms with E-state index in [-0.39, 0.29) is 47.1 Å². The molecule has 13 nitrogen and oxygen atoms in total. The number of aromatic amines is 1. The molecule has 2 N–H and O–H groups in total. The van der Waals surface area contributed by atoms with Gasteiger partial charge in [-0.1, -0.05) is 18.0 Å². The minimum Gasteiger partial charge on any atom is -0.480 e. The summed E-state index contributed by atoms with van der Waals surface area (Å²) in [5, 5.41) is 19.7. The van der Waals surface area contributed by atoms with Gasteiger partial charge in [0.2, 0.25) is 5.88 Å². The quantitative estimate of drug-likeness (QED) is 0.258. The fourth-order valence-electron chi connectivity index (χ4n) is 9.57. The van der Waals surface area contributed by atoms with Crippen LogP contribution >= 0.6 is 11.6 Å². The number of aromatic nitrogens is 5. The average Bonchev–Trinajstić information content (AvgIpc) is 3.87. The van der Waals surface area contributed by atoms with Crippen LogP contribution in [0.2, 0.25) is 5.02 Å². The van der Waals surface area contributed by atoms with Crippen molar-refractivity contribution in [2.45, 2.75) is 82.3 Å². The molecule has 0 radical (unpaired) electrons. The van der Waals surface area contributed by atoms with E-state index < -0.39 is 17.2 Å². The lowest BCUT2D eigenvalue weighted by Crippen LogP contribution is -2.63. The van der Waals surface area contributed by atoms with Crippen LogP contribution in [0.4, 0.5) is 10.2 Å². The van der Waals surface area contributed by atoms with Gasteiger partial charge in [-0.05, 0) is 57.7 Å². The number of rotatable bonds is 7. The monoisotopic (exact) mass is 737 g/mol. The number of benzene rings is 1. The molecule has 0 amide bonds. The first-order valence-corrected chi connectivity index (χ1v) is 18.8. The van der Waals surface area contributed by atoms with Gasteiger partial charge >= 0.3 is 6.01 Å². The molecule has 0 unspecified atom stereocenters. The summed E-state index contributed by atoms with van der Waals surface area (Å²) in [5.74, 6) is -0.561. The highest BCUT2D eigenvalue weighted by atomic mass is 35.5. The number of likely N-dealkylation sites (tertiary alicyclic amines) is 1. The van der Waals surface area contributed by atoms with Gasteiger partial charge in [0.25, 0.3) is 0 Å². The van der Waals surface area contributed by atoms with Crippen molar-refractivity contribution in [2.24, 2.45) is 5.41 Å². The summed E-state index contributed by atoms with van der Waals surface area (Å²) >= 11 is 6.64. The van der Waals surface area contributed by atoms with E-state index in [0.717, 1.165) is 51.5 Å². The first-order valence-electron chi connectivity index (χ1n) is 18.4. The van der Waals surface area contributed by atoms with E-state index in [9.17, 15) is 5.11 Å². The highest BCUT2D eigenvalue weighted by molar-refractivity contribution is 6.33. The van der Waals surface area contributed by atoms with Gasteiger partial charge in [-0.15, -0.1) is 0 Å². The fourth-order valence-corrected chi connectivity index (χ4v) is 9.77. The molecule has 52 heavy (non-hydrogen) atoms. The average molecular weight is 738 g/mol. The Morgan fingerprint density at radius 3 is 2.73 bits per heavy atom. The third-order valence-electron chi connectivity index (χ3n) is 12.0. The molecule has 9 rings (SSSR count). The Balaban J connectivity index is 1.12. The molecule has 3 aromatic heterocycles. The molecule has 3 aliphatic heterocycles. The summed E-state index contributed by atoms with van der Waals surface area (Å²) < 4.78 is 47.4. The van der Waals surface area contributed by atoms with Crippen LogP contribution in [0.15, 0.2) is 12.3 Å². The van der Waals surface area contributed by atoms with Crippen molar-refractivity contribution in [3.05, 3.63) is 28.7 Å². The van der Waals surface area contributed by atoms with Crippen molar-refractivity contribution < 1.29 is 33.2 Å². The maximum absolute atomic E-state index is 17.2. The Bertz CT molecular complexity index is 2020. The van der Waals surface area contributed by atoms with E-state index in [1.165, 1.54) is 7.11 Å². The number of pyridine rings is 1. The normalized spacial score (nSPS) is 28.0. The van der Waals surface area contributed by atoms with E-state index in [4.69, 9.17) is 50.2 Å². The third-order valence-corrected chi connectivity index (χ3v) is 12.4. The Labute approximate surface area is 306 Å². The number of nitrogens with one attached hydrogen (secondary N) is 1. The second-order valence-corrected chi connectivity index (χ2v) is 16.0. The van der Waals surface area contributed by atoms with Gasteiger partial charge in [-0.2, -0.15) is 15.1 Å². The lowest BCUT2D eigenvalue weighted by Gasteiger charge is -2.55. The number of hydrogen-bond donors (Lipinski definition) is 2. The second-order valence-electron chi connectivity index (χ2n) is 15.6. The Hall–Kier alpha value is -3.40. The molecule has 3 atom stereocenters. The number of anilines is 1. The molecule has 2 aliphatic carbocycles. The predicted octanol–water partition coefficient (Wildman–Crippen LogP) is 5.18. The molecule has 0 bridgehead atoms. The van der Waals surface area contributed by atoms with Crippen LogP contribution in [-0.4, -0.2) is 118 Å². The maximum Gasteiger partial charge on any atom is 0.319 e. The van der Waals surface area contributed by atoms with Crippen molar-refractivity contribution in [1.82, 2.24) is 30.0 Å². The van der Waals surface area contributed by atoms with Gasteiger partial charge in [0, 0.05) is 52.9 Å². The molecule has 5 fully saturated rings. The molecular weight excluding hydrogens is 693 g/mol. The van der Waals surface area contributed by atoms with E-state index in [1.54, 1.807) is 19.2 Å². The zero-order valence-corrected chi connectivity index (χ0v) is 30.6. The number of halogens is 2. The summed E-state index contributed by atoms with van der Waals surface area (Å²) in [4.78, 5) is 19.0. The number of ether oxygens (including phenoxy) is 5. The summed E-state index contributed by atoms with van der Waals surface area (Å²) in [7, 11) is 1.49. The van der Waals surface area contributed by atoms with E-state index >= 15 is 4.39 Å². The largest absolute Gasteiger partial charge is 0.480 e. The number of aliphatic hydroxyl groups is 1. The van der Waals surface area contributed by atoms with Gasteiger partial charge in [-0.3, -0.25) is 10.00 Å². The zero-order chi connectivity index (χ0) is 35.8. The van der Waals surface area contributed by atoms with Crippen LogP contribution in [0.3, 0.4) is 0 Å². The first-order chi connectivity index (χ1) is 25.1. The van der Waals surface area contributed by atoms with Gasteiger partial charge in [0.1, 0.15) is 28.0 Å². The highest BCUT2D eigenvalue weighted by Crippen LogP contribution is 2.53. The first kappa shape index (κ1) is 34.4. The van der Waals surface area contributed by atoms with Crippen molar-refractivity contribution in [2.75, 3.05) is 64.7 Å². The standard InChI is InChI=1S/C37H45ClFN7O6/c1-21-24(38)14-25-23(17-40-44-25)27(21)30-29(39)31-28(33(41-30)48-3)32(45-10-11-49-19-35(2,47)18-45)43-34(42-31)50-20-36-7-4-6-26(36)46(9-5-8-36)22-15-37(16-22)51-12-13-52-37/h14,17,22,26,47H,4-13,15-16,18-20H2,1-3H3,(H,40,44)/t26-,35+,36-/m1/s1. The lowest BCUT2D eigenvalue weighted by molar-refractivity contribution is -0.242. The number of fused-ring (bicyclic) bond motifs is 3. The zero-order valence-electron chi connectivity index (χ0n) is 29.8. The number of β-amino-alcohol motifs (C(OH)–C–C–N with tert-alkyl or cyclic N) is 1. The minimum atomic E-state index is -1.19. The van der Waals surface area contributed by atoms with Crippen molar-refractivity contribution in [3.8, 4) is 23.1 Å². The third kappa shape index (κ3) is 5.68. The van der Waals surface area contributed by atoms with Crippen LogP contribution < -0.4 is 14.4 Å². The molecular formula is C37H45ClFN7O6. The lowest BCUT2D eigenvalue weighted by atomic mass is 9.72. The fraction of sp³-hybridized carbons (Fsp3) is 0.622. The summed E-state index contributed by atoms with van der Waals surface area (Å²) in [6.07, 6.45) is 8.79. The number of H-pyrrole nitrogens is 1. The van der Waals surface area contributed by atoms with Gasteiger partial charge in [-0.25, -0.2) is 9.37 Å². The van der Waals surface area contributed by atoms with Crippen molar-refractivity contribution in [1.29, 1.82) is 0 Å². The number of methoxy groups -OCH3 is 1. The molecule has 3 saturated heterocycles. The molecule has 278 valence electrons. The molecule has 1 spiro atoms. The molecule has 5 aliphatic rings. The summed E-state index contributed by atoms with van der Waals surface area (Å²) in [5.41, 5.74) is 0.553. The van der Waals surface area contributed by atoms with Crippen molar-refractivity contribution in [3.63, 3.8) is 0 Å². The number of nitrogens with zero attached hydrogens (tertiary/aromatic N) is 6. The maximum atomic E-state index is 17.2. The Morgan fingerprint density at radius 1 is 1.12 bits per heavy atom. The number of hydrogen-bond acceptors (Lipinski definition) is 12. The van der Waals surface area contributed by atoms with Crippen LogP contribution in [0.25, 0.3) is 33.1 Å². The van der Waals surface area contributed by atoms with Crippen molar-refractivity contribution >= 4 is 39.2 Å². The Morgan fingerprint density at radius 2 is 1.92 bits per heavy atom. The van der Waals surface area contributed by atoms with Crippen LogP contribution in [-0.2, 0) is 14.2 Å².